The van der Waals surface area contributed by atoms with Gasteiger partial charge in [-0.15, -0.1) is 0 Å². The van der Waals surface area contributed by atoms with Gasteiger partial charge in [0, 0.05) is 38.6 Å². The number of carbonyl (C=O) groups is 1. The van der Waals surface area contributed by atoms with E-state index in [1.807, 2.05) is 18.2 Å². The van der Waals surface area contributed by atoms with Crippen LogP contribution in [-0.2, 0) is 11.3 Å². The van der Waals surface area contributed by atoms with Gasteiger partial charge < -0.3 is 10.4 Å². The molecule has 1 heterocycles. The summed E-state index contributed by atoms with van der Waals surface area (Å²) in [6, 6.07) is 10.7. The molecule has 0 aromatic heterocycles. The van der Waals surface area contributed by atoms with Gasteiger partial charge in [0.15, 0.2) is 0 Å². The van der Waals surface area contributed by atoms with Crippen molar-refractivity contribution in [1.29, 1.82) is 0 Å². The predicted octanol–water partition coefficient (Wildman–Crippen LogP) is 1.33. The van der Waals surface area contributed by atoms with Crippen LogP contribution in [0.1, 0.15) is 18.4 Å². The zero-order valence-electron chi connectivity index (χ0n) is 10.5. The quantitative estimate of drug-likeness (QED) is 0.825. The summed E-state index contributed by atoms with van der Waals surface area (Å²) in [7, 11) is 0. The first-order valence-corrected chi connectivity index (χ1v) is 6.46. The number of carboxylic acids is 1. The second kappa shape index (κ2) is 6.52. The largest absolute Gasteiger partial charge is 0.481 e. The highest BCUT2D eigenvalue weighted by atomic mass is 16.4. The molecule has 1 saturated heterocycles. The van der Waals surface area contributed by atoms with Gasteiger partial charge in [-0.1, -0.05) is 30.3 Å². The number of hydrogen-bond donors (Lipinski definition) is 2. The Bertz CT molecular complexity index is 381. The van der Waals surface area contributed by atoms with Gasteiger partial charge in [-0.25, -0.2) is 0 Å². The van der Waals surface area contributed by atoms with Crippen molar-refractivity contribution in [3.63, 3.8) is 0 Å². The maximum absolute atomic E-state index is 10.7. The fourth-order valence-corrected chi connectivity index (χ4v) is 2.40. The normalized spacial score (nSPS) is 20.8. The van der Waals surface area contributed by atoms with Crippen LogP contribution in [0, 0.1) is 0 Å². The van der Waals surface area contributed by atoms with E-state index < -0.39 is 5.97 Å². The summed E-state index contributed by atoms with van der Waals surface area (Å²) >= 11 is 0. The van der Waals surface area contributed by atoms with E-state index in [0.29, 0.717) is 6.04 Å². The molecule has 0 spiro atoms. The second-order valence-corrected chi connectivity index (χ2v) is 4.75. The first-order chi connectivity index (χ1) is 8.75. The average molecular weight is 248 g/mol. The van der Waals surface area contributed by atoms with Gasteiger partial charge in [0.25, 0.3) is 0 Å². The Morgan fingerprint density at radius 1 is 1.39 bits per heavy atom. The lowest BCUT2D eigenvalue weighted by molar-refractivity contribution is -0.137. The molecular formula is C14H20N2O2. The Morgan fingerprint density at radius 2 is 2.17 bits per heavy atom. The van der Waals surface area contributed by atoms with Crippen LogP contribution < -0.4 is 5.32 Å². The minimum Gasteiger partial charge on any atom is -0.481 e. The van der Waals surface area contributed by atoms with Crippen molar-refractivity contribution in [1.82, 2.24) is 10.2 Å². The van der Waals surface area contributed by atoms with Crippen LogP contribution in [0.3, 0.4) is 0 Å². The first-order valence-electron chi connectivity index (χ1n) is 6.46. The molecule has 2 rings (SSSR count). The number of nitrogens with one attached hydrogen (secondary N) is 1. The standard InChI is InChI=1S/C14H20N2O2/c17-14(18)7-6-13-10-15-8-9-16(13)11-12-4-2-1-3-5-12/h1-5,13,15H,6-11H2,(H,17,18). The van der Waals surface area contributed by atoms with E-state index in [-0.39, 0.29) is 6.42 Å². The second-order valence-electron chi connectivity index (χ2n) is 4.75. The summed E-state index contributed by atoms with van der Waals surface area (Å²) in [5, 5.41) is 12.1. The number of carboxylic acid groups (broad SMARTS) is 1. The Morgan fingerprint density at radius 3 is 2.89 bits per heavy atom. The third-order valence-corrected chi connectivity index (χ3v) is 3.39. The molecule has 1 atom stereocenters. The van der Waals surface area contributed by atoms with Crippen LogP contribution in [0.5, 0.6) is 0 Å². The van der Waals surface area contributed by atoms with Crippen LogP contribution in [0.2, 0.25) is 0 Å². The summed E-state index contributed by atoms with van der Waals surface area (Å²) in [5.41, 5.74) is 1.29. The molecule has 1 aromatic carbocycles. The Kier molecular flexibility index (Phi) is 4.73. The molecule has 0 saturated carbocycles. The molecule has 1 aromatic rings. The molecule has 1 aliphatic heterocycles. The number of hydrogen-bond acceptors (Lipinski definition) is 3. The highest BCUT2D eigenvalue weighted by Crippen LogP contribution is 2.14. The summed E-state index contributed by atoms with van der Waals surface area (Å²) in [5.74, 6) is -0.708. The average Bonchev–Trinajstić information content (AvgIpc) is 2.39. The zero-order valence-corrected chi connectivity index (χ0v) is 10.5. The van der Waals surface area contributed by atoms with Gasteiger partial charge in [-0.3, -0.25) is 9.69 Å². The number of benzene rings is 1. The van der Waals surface area contributed by atoms with E-state index in [1.54, 1.807) is 0 Å². The van der Waals surface area contributed by atoms with Crippen LogP contribution >= 0.6 is 0 Å². The van der Waals surface area contributed by atoms with Gasteiger partial charge in [0.1, 0.15) is 0 Å². The first kappa shape index (κ1) is 13.1. The number of nitrogens with zero attached hydrogens (tertiary/aromatic N) is 1. The lowest BCUT2D eigenvalue weighted by atomic mass is 10.1. The Balaban J connectivity index is 1.93. The summed E-state index contributed by atoms with van der Waals surface area (Å²) in [4.78, 5) is 13.1. The highest BCUT2D eigenvalue weighted by Gasteiger charge is 2.22. The SMILES string of the molecule is O=C(O)CCC1CNCCN1Cc1ccccc1. The molecule has 1 aliphatic rings. The van der Waals surface area contributed by atoms with Gasteiger partial charge in [0.2, 0.25) is 0 Å². The lowest BCUT2D eigenvalue weighted by Crippen LogP contribution is -2.50. The molecule has 4 heteroatoms. The van der Waals surface area contributed by atoms with Crippen LogP contribution in [0.4, 0.5) is 0 Å². The third-order valence-electron chi connectivity index (χ3n) is 3.39. The molecule has 2 N–H and O–H groups in total. The molecule has 18 heavy (non-hydrogen) atoms. The molecule has 1 unspecified atom stereocenters. The van der Waals surface area contributed by atoms with Gasteiger partial charge >= 0.3 is 5.97 Å². The maximum atomic E-state index is 10.7. The van der Waals surface area contributed by atoms with Crippen molar-refractivity contribution in [2.45, 2.75) is 25.4 Å². The van der Waals surface area contributed by atoms with E-state index in [4.69, 9.17) is 5.11 Å². The fourth-order valence-electron chi connectivity index (χ4n) is 2.40. The molecular weight excluding hydrogens is 228 g/mol. The number of aliphatic carboxylic acids is 1. The summed E-state index contributed by atoms with van der Waals surface area (Å²) < 4.78 is 0. The van der Waals surface area contributed by atoms with Crippen molar-refractivity contribution >= 4 is 5.97 Å². The fraction of sp³-hybridized carbons (Fsp3) is 0.500. The molecule has 1 fully saturated rings. The molecule has 0 aliphatic carbocycles. The lowest BCUT2D eigenvalue weighted by Gasteiger charge is -2.36. The minimum absolute atomic E-state index is 0.248. The third kappa shape index (κ3) is 3.82. The predicted molar refractivity (Wildman–Crippen MR) is 70.4 cm³/mol. The summed E-state index contributed by atoms with van der Waals surface area (Å²) in [6.45, 7) is 3.77. The zero-order chi connectivity index (χ0) is 12.8. The van der Waals surface area contributed by atoms with Gasteiger partial charge in [-0.2, -0.15) is 0 Å². The van der Waals surface area contributed by atoms with E-state index in [1.165, 1.54) is 5.56 Å². The molecule has 98 valence electrons. The van der Waals surface area contributed by atoms with E-state index in [0.717, 1.165) is 32.6 Å². The van der Waals surface area contributed by atoms with Crippen molar-refractivity contribution in [2.75, 3.05) is 19.6 Å². The Hall–Kier alpha value is -1.39. The topological polar surface area (TPSA) is 52.6 Å². The number of rotatable bonds is 5. The Labute approximate surface area is 108 Å². The highest BCUT2D eigenvalue weighted by molar-refractivity contribution is 5.66. The molecule has 0 amide bonds. The van der Waals surface area contributed by atoms with Gasteiger partial charge in [0.05, 0.1) is 0 Å². The minimum atomic E-state index is -0.708. The van der Waals surface area contributed by atoms with Crippen LogP contribution in [0.15, 0.2) is 30.3 Å². The number of piperazine rings is 1. The molecule has 4 nitrogen and oxygen atoms in total. The van der Waals surface area contributed by atoms with E-state index in [9.17, 15) is 4.79 Å². The van der Waals surface area contributed by atoms with Crippen molar-refractivity contribution in [2.24, 2.45) is 0 Å². The van der Waals surface area contributed by atoms with E-state index in [2.05, 4.69) is 22.3 Å². The van der Waals surface area contributed by atoms with Crippen LogP contribution in [0.25, 0.3) is 0 Å². The van der Waals surface area contributed by atoms with E-state index >= 15 is 0 Å². The monoisotopic (exact) mass is 248 g/mol. The smallest absolute Gasteiger partial charge is 0.303 e. The molecule has 0 bridgehead atoms. The van der Waals surface area contributed by atoms with Crippen LogP contribution in [-0.4, -0.2) is 41.7 Å². The van der Waals surface area contributed by atoms with Crippen molar-refractivity contribution in [3.8, 4) is 0 Å². The maximum Gasteiger partial charge on any atom is 0.303 e. The van der Waals surface area contributed by atoms with Gasteiger partial charge in [-0.05, 0) is 12.0 Å². The molecule has 0 radical (unpaired) electrons. The summed E-state index contributed by atoms with van der Waals surface area (Å²) in [6.07, 6.45) is 0.965. The van der Waals surface area contributed by atoms with Crippen molar-refractivity contribution in [3.05, 3.63) is 35.9 Å². The van der Waals surface area contributed by atoms with Crippen molar-refractivity contribution < 1.29 is 9.90 Å².